The lowest BCUT2D eigenvalue weighted by atomic mass is 9.99. The zero-order chi connectivity index (χ0) is 14.7. The van der Waals surface area contributed by atoms with E-state index < -0.39 is 0 Å². The van der Waals surface area contributed by atoms with E-state index in [4.69, 9.17) is 29.0 Å². The highest BCUT2D eigenvalue weighted by Gasteiger charge is 2.16. The van der Waals surface area contributed by atoms with Crippen molar-refractivity contribution in [2.24, 2.45) is 5.84 Å². The Morgan fingerprint density at radius 2 is 1.90 bits per heavy atom. The van der Waals surface area contributed by atoms with Gasteiger partial charge >= 0.3 is 0 Å². The van der Waals surface area contributed by atoms with Crippen LogP contribution in [0.5, 0.6) is 0 Å². The van der Waals surface area contributed by atoms with Gasteiger partial charge in [0.05, 0.1) is 16.1 Å². The van der Waals surface area contributed by atoms with Gasteiger partial charge in [0.1, 0.15) is 0 Å². The molecule has 0 saturated heterocycles. The maximum atomic E-state index is 6.23. The summed E-state index contributed by atoms with van der Waals surface area (Å²) in [6, 6.07) is 11.5. The third-order valence-corrected chi connectivity index (χ3v) is 5.03. The second-order valence-electron chi connectivity index (χ2n) is 4.30. The summed E-state index contributed by atoms with van der Waals surface area (Å²) < 4.78 is 1.98. The lowest BCUT2D eigenvalue weighted by molar-refractivity contribution is 0.550. The number of hydrogen-bond donors (Lipinski definition) is 2. The van der Waals surface area contributed by atoms with Crippen molar-refractivity contribution >= 4 is 55.1 Å². The van der Waals surface area contributed by atoms with E-state index in [1.165, 1.54) is 0 Å². The van der Waals surface area contributed by atoms with Gasteiger partial charge in [0.15, 0.2) is 0 Å². The Hall–Kier alpha value is -0.100. The SMILES string of the molecule is NNC(Cc1cccc(Cl)c1Cl)c1ccc(Br)cc1Br. The van der Waals surface area contributed by atoms with Crippen molar-refractivity contribution in [2.75, 3.05) is 0 Å². The molecule has 2 rings (SSSR count). The molecule has 20 heavy (non-hydrogen) atoms. The summed E-state index contributed by atoms with van der Waals surface area (Å²) in [7, 11) is 0. The number of hydrazine groups is 1. The first kappa shape index (κ1) is 16.3. The Bertz CT molecular complexity index is 620. The number of benzene rings is 2. The molecular weight excluding hydrogens is 427 g/mol. The Labute approximate surface area is 144 Å². The second-order valence-corrected chi connectivity index (χ2v) is 6.86. The van der Waals surface area contributed by atoms with Crippen LogP contribution in [0, 0.1) is 0 Å². The molecule has 0 saturated carbocycles. The van der Waals surface area contributed by atoms with Gasteiger partial charge in [-0.25, -0.2) is 0 Å². The van der Waals surface area contributed by atoms with Gasteiger partial charge in [-0.05, 0) is 35.7 Å². The minimum atomic E-state index is -0.0616. The maximum absolute atomic E-state index is 6.23. The molecule has 0 radical (unpaired) electrons. The van der Waals surface area contributed by atoms with Crippen LogP contribution in [-0.2, 0) is 6.42 Å². The van der Waals surface area contributed by atoms with Crippen LogP contribution in [0.15, 0.2) is 45.3 Å². The minimum absolute atomic E-state index is 0.0616. The number of nitrogens with one attached hydrogen (secondary N) is 1. The first-order valence-electron chi connectivity index (χ1n) is 5.87. The van der Waals surface area contributed by atoms with Gasteiger partial charge in [0.2, 0.25) is 0 Å². The molecule has 0 aliphatic carbocycles. The van der Waals surface area contributed by atoms with E-state index in [1.54, 1.807) is 6.07 Å². The van der Waals surface area contributed by atoms with Crippen molar-refractivity contribution < 1.29 is 0 Å². The first-order chi connectivity index (χ1) is 9.52. The molecule has 0 aliphatic rings. The van der Waals surface area contributed by atoms with Crippen LogP contribution in [0.1, 0.15) is 17.2 Å². The third-order valence-electron chi connectivity index (χ3n) is 2.99. The monoisotopic (exact) mass is 436 g/mol. The van der Waals surface area contributed by atoms with Gasteiger partial charge in [-0.1, -0.05) is 73.3 Å². The molecule has 3 N–H and O–H groups in total. The van der Waals surface area contributed by atoms with Crippen molar-refractivity contribution in [3.8, 4) is 0 Å². The molecule has 0 spiro atoms. The van der Waals surface area contributed by atoms with Crippen molar-refractivity contribution in [3.63, 3.8) is 0 Å². The summed E-state index contributed by atoms with van der Waals surface area (Å²) in [5.41, 5.74) is 4.84. The predicted octanol–water partition coefficient (Wildman–Crippen LogP) is 5.27. The largest absolute Gasteiger partial charge is 0.271 e. The van der Waals surface area contributed by atoms with Crippen LogP contribution in [0.2, 0.25) is 10.0 Å². The highest BCUT2D eigenvalue weighted by atomic mass is 79.9. The van der Waals surface area contributed by atoms with Crippen molar-refractivity contribution in [3.05, 3.63) is 66.5 Å². The topological polar surface area (TPSA) is 38.0 Å². The third kappa shape index (κ3) is 3.75. The van der Waals surface area contributed by atoms with Gasteiger partial charge in [-0.3, -0.25) is 11.3 Å². The predicted molar refractivity (Wildman–Crippen MR) is 92.1 cm³/mol. The van der Waals surface area contributed by atoms with Gasteiger partial charge in [-0.15, -0.1) is 0 Å². The summed E-state index contributed by atoms with van der Waals surface area (Å²) in [6.45, 7) is 0. The van der Waals surface area contributed by atoms with E-state index in [-0.39, 0.29) is 6.04 Å². The highest BCUT2D eigenvalue weighted by molar-refractivity contribution is 9.11. The van der Waals surface area contributed by atoms with E-state index >= 15 is 0 Å². The molecule has 2 aromatic carbocycles. The molecule has 0 fully saturated rings. The first-order valence-corrected chi connectivity index (χ1v) is 8.21. The molecule has 0 aliphatic heterocycles. The van der Waals surface area contributed by atoms with Crippen LogP contribution >= 0.6 is 55.1 Å². The quantitative estimate of drug-likeness (QED) is 0.504. The van der Waals surface area contributed by atoms with Gasteiger partial charge < -0.3 is 0 Å². The normalized spacial score (nSPS) is 12.4. The second kappa shape index (κ2) is 7.25. The molecule has 1 unspecified atom stereocenters. The van der Waals surface area contributed by atoms with E-state index in [2.05, 4.69) is 37.3 Å². The van der Waals surface area contributed by atoms with E-state index in [0.717, 1.165) is 20.1 Å². The zero-order valence-corrected chi connectivity index (χ0v) is 15.0. The molecule has 106 valence electrons. The fourth-order valence-corrected chi connectivity index (χ4v) is 3.69. The summed E-state index contributed by atoms with van der Waals surface area (Å²) in [5.74, 6) is 5.69. The number of nitrogens with two attached hydrogens (primary N) is 1. The van der Waals surface area contributed by atoms with Crippen LogP contribution in [0.25, 0.3) is 0 Å². The number of hydrogen-bond acceptors (Lipinski definition) is 2. The average molecular weight is 439 g/mol. The van der Waals surface area contributed by atoms with E-state index in [1.807, 2.05) is 30.3 Å². The molecule has 0 amide bonds. The standard InChI is InChI=1S/C14H12Br2Cl2N2/c15-9-4-5-10(11(16)7-9)13(20-19)6-8-2-1-3-12(17)14(8)18/h1-5,7,13,20H,6,19H2. The maximum Gasteiger partial charge on any atom is 0.0624 e. The van der Waals surface area contributed by atoms with Crippen LogP contribution < -0.4 is 11.3 Å². The summed E-state index contributed by atoms with van der Waals surface area (Å²) >= 11 is 19.3. The lowest BCUT2D eigenvalue weighted by Crippen LogP contribution is -2.30. The van der Waals surface area contributed by atoms with Gasteiger partial charge in [0.25, 0.3) is 0 Å². The number of halogens is 4. The van der Waals surface area contributed by atoms with Crippen LogP contribution in [0.4, 0.5) is 0 Å². The summed E-state index contributed by atoms with van der Waals surface area (Å²) in [6.07, 6.45) is 0.649. The summed E-state index contributed by atoms with van der Waals surface area (Å²) in [4.78, 5) is 0. The smallest absolute Gasteiger partial charge is 0.0624 e. The van der Waals surface area contributed by atoms with Crippen LogP contribution in [0.3, 0.4) is 0 Å². The molecule has 2 nitrogen and oxygen atoms in total. The fourth-order valence-electron chi connectivity index (χ4n) is 1.97. The lowest BCUT2D eigenvalue weighted by Gasteiger charge is -2.19. The molecule has 0 heterocycles. The molecule has 2 aromatic rings. The molecule has 0 aromatic heterocycles. The van der Waals surface area contributed by atoms with Crippen molar-refractivity contribution in [1.29, 1.82) is 0 Å². The van der Waals surface area contributed by atoms with Crippen molar-refractivity contribution in [2.45, 2.75) is 12.5 Å². The molecule has 0 bridgehead atoms. The van der Waals surface area contributed by atoms with Crippen LogP contribution in [-0.4, -0.2) is 0 Å². The molecule has 1 atom stereocenters. The van der Waals surface area contributed by atoms with Crippen molar-refractivity contribution in [1.82, 2.24) is 5.43 Å². The minimum Gasteiger partial charge on any atom is -0.271 e. The fraction of sp³-hybridized carbons (Fsp3) is 0.143. The molecular formula is C14H12Br2Cl2N2. The van der Waals surface area contributed by atoms with Gasteiger partial charge in [0, 0.05) is 8.95 Å². The highest BCUT2D eigenvalue weighted by Crippen LogP contribution is 2.32. The zero-order valence-electron chi connectivity index (χ0n) is 10.3. The average Bonchev–Trinajstić information content (AvgIpc) is 2.41. The molecule has 6 heteroatoms. The van der Waals surface area contributed by atoms with E-state index in [9.17, 15) is 0 Å². The Morgan fingerprint density at radius 3 is 2.55 bits per heavy atom. The number of rotatable bonds is 4. The summed E-state index contributed by atoms with van der Waals surface area (Å²) in [5, 5.41) is 1.12. The van der Waals surface area contributed by atoms with E-state index in [0.29, 0.717) is 16.5 Å². The Kier molecular flexibility index (Phi) is 5.90. The van der Waals surface area contributed by atoms with Gasteiger partial charge in [-0.2, -0.15) is 0 Å². The Morgan fingerprint density at radius 1 is 1.15 bits per heavy atom. The Balaban J connectivity index is 2.31.